The van der Waals surface area contributed by atoms with Gasteiger partial charge in [-0.1, -0.05) is 31.5 Å². The van der Waals surface area contributed by atoms with Gasteiger partial charge in [0, 0.05) is 11.9 Å². The van der Waals surface area contributed by atoms with Gasteiger partial charge in [0.15, 0.2) is 0 Å². The van der Waals surface area contributed by atoms with Gasteiger partial charge >= 0.3 is 0 Å². The van der Waals surface area contributed by atoms with E-state index < -0.39 is 0 Å². The first-order valence-electron chi connectivity index (χ1n) is 6.47. The smallest absolute Gasteiger partial charge is 0.259 e. The van der Waals surface area contributed by atoms with Crippen LogP contribution in [0.3, 0.4) is 0 Å². The highest BCUT2D eigenvalue weighted by molar-refractivity contribution is 5.83. The Morgan fingerprint density at radius 2 is 2.06 bits per heavy atom. The van der Waals surface area contributed by atoms with Crippen molar-refractivity contribution in [3.8, 4) is 0 Å². The van der Waals surface area contributed by atoms with Crippen LogP contribution in [0, 0.1) is 5.41 Å². The minimum atomic E-state index is 0.0405. The van der Waals surface area contributed by atoms with Crippen LogP contribution in [-0.2, 0) is 6.54 Å². The molecular formula is C15H18N2O. The predicted molar refractivity (Wildman–Crippen MR) is 74.6 cm³/mol. The highest BCUT2D eigenvalue weighted by Gasteiger charge is 2.32. The first-order chi connectivity index (χ1) is 8.59. The highest BCUT2D eigenvalue weighted by atomic mass is 16.1. The van der Waals surface area contributed by atoms with Crippen LogP contribution < -0.4 is 11.3 Å². The van der Waals surface area contributed by atoms with Gasteiger partial charge in [-0.25, -0.2) is 0 Å². The molecule has 0 radical (unpaired) electrons. The van der Waals surface area contributed by atoms with Crippen LogP contribution in [0.2, 0.25) is 0 Å². The van der Waals surface area contributed by atoms with Crippen molar-refractivity contribution in [3.63, 3.8) is 0 Å². The molecule has 0 aliphatic heterocycles. The number of nitrogens with zero attached hydrogens (tertiary/aromatic N) is 1. The van der Waals surface area contributed by atoms with Crippen molar-refractivity contribution in [1.29, 1.82) is 0 Å². The first-order valence-corrected chi connectivity index (χ1v) is 6.47. The molecule has 3 heteroatoms. The summed E-state index contributed by atoms with van der Waals surface area (Å²) in [6.07, 6.45) is 3.64. The summed E-state index contributed by atoms with van der Waals surface area (Å²) in [6.45, 7) is 2.97. The van der Waals surface area contributed by atoms with E-state index in [4.69, 9.17) is 5.73 Å². The third-order valence-electron chi connectivity index (χ3n) is 4.15. The number of fused-ring (bicyclic) bond motifs is 1. The van der Waals surface area contributed by atoms with Crippen LogP contribution in [0.15, 0.2) is 35.1 Å². The van der Waals surface area contributed by atoms with Gasteiger partial charge in [0.05, 0.1) is 0 Å². The van der Waals surface area contributed by atoms with E-state index in [2.05, 4.69) is 6.92 Å². The Labute approximate surface area is 106 Å². The number of hydrogen-bond donors (Lipinski definition) is 1. The molecule has 1 aromatic heterocycles. The zero-order valence-corrected chi connectivity index (χ0v) is 10.6. The lowest BCUT2D eigenvalue weighted by Gasteiger charge is -2.39. The molecule has 0 spiro atoms. The fourth-order valence-corrected chi connectivity index (χ4v) is 2.80. The summed E-state index contributed by atoms with van der Waals surface area (Å²) < 4.78 is 1.74. The summed E-state index contributed by atoms with van der Waals surface area (Å²) in [5.41, 5.74) is 6.33. The summed E-state index contributed by atoms with van der Waals surface area (Å²) in [5, 5.41) is 1.68. The Morgan fingerprint density at radius 1 is 1.33 bits per heavy atom. The number of benzene rings is 1. The van der Waals surface area contributed by atoms with Gasteiger partial charge in [0.2, 0.25) is 0 Å². The van der Waals surface area contributed by atoms with Gasteiger partial charge in [0.25, 0.3) is 5.56 Å². The fourth-order valence-electron chi connectivity index (χ4n) is 2.80. The summed E-state index contributed by atoms with van der Waals surface area (Å²) in [7, 11) is 0. The molecule has 2 aromatic rings. The van der Waals surface area contributed by atoms with Crippen molar-refractivity contribution in [2.45, 2.75) is 32.7 Å². The van der Waals surface area contributed by atoms with Gasteiger partial charge in [-0.3, -0.25) is 9.36 Å². The average molecular weight is 242 g/mol. The number of nitrogen functional groups attached to an aromatic ring is 1. The SMILES string of the molecule is CC1(Cn2c(N)cc3ccccc3c2=O)CCC1. The molecule has 0 amide bonds. The lowest BCUT2D eigenvalue weighted by atomic mass is 9.70. The second kappa shape index (κ2) is 3.87. The van der Waals surface area contributed by atoms with E-state index in [0.717, 1.165) is 17.3 Å². The van der Waals surface area contributed by atoms with Crippen molar-refractivity contribution >= 4 is 16.6 Å². The van der Waals surface area contributed by atoms with E-state index >= 15 is 0 Å². The zero-order valence-electron chi connectivity index (χ0n) is 10.6. The maximum absolute atomic E-state index is 12.4. The lowest BCUT2D eigenvalue weighted by molar-refractivity contribution is 0.132. The molecule has 1 saturated carbocycles. The van der Waals surface area contributed by atoms with Crippen LogP contribution in [0.4, 0.5) is 5.82 Å². The van der Waals surface area contributed by atoms with Gasteiger partial charge in [-0.05, 0) is 35.8 Å². The predicted octanol–water partition coefficient (Wildman–Crippen LogP) is 2.77. The van der Waals surface area contributed by atoms with Crippen LogP contribution in [0.25, 0.3) is 10.8 Å². The van der Waals surface area contributed by atoms with Gasteiger partial charge in [-0.15, -0.1) is 0 Å². The molecule has 1 aliphatic rings. The molecule has 2 N–H and O–H groups in total. The number of aromatic nitrogens is 1. The summed E-state index contributed by atoms with van der Waals surface area (Å²) in [5.74, 6) is 0.576. The van der Waals surface area contributed by atoms with E-state index in [1.54, 1.807) is 4.57 Å². The molecule has 0 unspecified atom stereocenters. The first kappa shape index (κ1) is 11.3. The molecular weight excluding hydrogens is 224 g/mol. The number of anilines is 1. The average Bonchev–Trinajstić information content (AvgIpc) is 2.32. The van der Waals surface area contributed by atoms with Crippen molar-refractivity contribution in [2.24, 2.45) is 5.41 Å². The van der Waals surface area contributed by atoms with E-state index in [9.17, 15) is 4.79 Å². The third-order valence-corrected chi connectivity index (χ3v) is 4.15. The van der Waals surface area contributed by atoms with E-state index in [0.29, 0.717) is 5.82 Å². The van der Waals surface area contributed by atoms with Gasteiger partial charge in [0.1, 0.15) is 5.82 Å². The van der Waals surface area contributed by atoms with Crippen LogP contribution in [0.1, 0.15) is 26.2 Å². The topological polar surface area (TPSA) is 48.0 Å². The monoisotopic (exact) mass is 242 g/mol. The number of hydrogen-bond acceptors (Lipinski definition) is 2. The zero-order chi connectivity index (χ0) is 12.8. The summed E-state index contributed by atoms with van der Waals surface area (Å²) >= 11 is 0. The number of nitrogens with two attached hydrogens (primary N) is 1. The minimum Gasteiger partial charge on any atom is -0.385 e. The largest absolute Gasteiger partial charge is 0.385 e. The molecule has 18 heavy (non-hydrogen) atoms. The standard InChI is InChI=1S/C15H18N2O/c1-15(7-4-8-15)10-17-13(16)9-11-5-2-3-6-12(11)14(17)18/h2-3,5-6,9H,4,7-8,10,16H2,1H3. The lowest BCUT2D eigenvalue weighted by Crippen LogP contribution is -2.36. The third kappa shape index (κ3) is 1.70. The second-order valence-corrected chi connectivity index (χ2v) is 5.71. The van der Waals surface area contributed by atoms with Crippen LogP contribution >= 0.6 is 0 Å². The second-order valence-electron chi connectivity index (χ2n) is 5.71. The molecule has 1 aliphatic carbocycles. The normalized spacial score (nSPS) is 17.6. The molecule has 0 bridgehead atoms. The van der Waals surface area contributed by atoms with Crippen LogP contribution in [-0.4, -0.2) is 4.57 Å². The van der Waals surface area contributed by atoms with E-state index in [-0.39, 0.29) is 11.0 Å². The quantitative estimate of drug-likeness (QED) is 0.880. The van der Waals surface area contributed by atoms with E-state index in [1.165, 1.54) is 19.3 Å². The maximum atomic E-state index is 12.4. The van der Waals surface area contributed by atoms with Gasteiger partial charge in [-0.2, -0.15) is 0 Å². The molecule has 3 rings (SSSR count). The summed E-state index contributed by atoms with van der Waals surface area (Å²) in [4.78, 5) is 12.4. The molecule has 3 nitrogen and oxygen atoms in total. The van der Waals surface area contributed by atoms with E-state index in [1.807, 2.05) is 30.3 Å². The Balaban J connectivity index is 2.14. The van der Waals surface area contributed by atoms with Gasteiger partial charge < -0.3 is 5.73 Å². The molecule has 1 heterocycles. The van der Waals surface area contributed by atoms with Crippen molar-refractivity contribution in [2.75, 3.05) is 5.73 Å². The Bertz CT molecular complexity index is 653. The highest BCUT2D eigenvalue weighted by Crippen LogP contribution is 2.41. The molecule has 0 saturated heterocycles. The van der Waals surface area contributed by atoms with Crippen LogP contribution in [0.5, 0.6) is 0 Å². The molecule has 94 valence electrons. The van der Waals surface area contributed by atoms with Crippen molar-refractivity contribution in [3.05, 3.63) is 40.7 Å². The Hall–Kier alpha value is -1.77. The maximum Gasteiger partial charge on any atom is 0.259 e. The molecule has 0 atom stereocenters. The number of rotatable bonds is 2. The van der Waals surface area contributed by atoms with Crippen molar-refractivity contribution < 1.29 is 0 Å². The molecule has 1 fully saturated rings. The minimum absolute atomic E-state index is 0.0405. The molecule has 1 aromatic carbocycles. The van der Waals surface area contributed by atoms with Crippen molar-refractivity contribution in [1.82, 2.24) is 4.57 Å². The number of pyridine rings is 1. The summed E-state index contributed by atoms with van der Waals surface area (Å²) in [6, 6.07) is 9.53. The fraction of sp³-hybridized carbons (Fsp3) is 0.400. The Morgan fingerprint density at radius 3 is 2.72 bits per heavy atom. The Kier molecular flexibility index (Phi) is 2.44.